The number of thioether (sulfide) groups is 1. The van der Waals surface area contributed by atoms with Crippen molar-refractivity contribution >= 4 is 11.8 Å². The molecule has 2 aliphatic heterocycles. The maximum absolute atomic E-state index is 3.55. The SMILES string of the molecule is c1ccc2c(c1)CCN(CC1CSCN1)C2. The fraction of sp³-hybridized carbons (Fsp3) is 0.538. The molecule has 3 rings (SSSR count). The van der Waals surface area contributed by atoms with Crippen molar-refractivity contribution < 1.29 is 0 Å². The molecule has 0 radical (unpaired) electrons. The molecule has 1 saturated heterocycles. The Kier molecular flexibility index (Phi) is 3.18. The minimum atomic E-state index is 0.704. The molecule has 0 saturated carbocycles. The van der Waals surface area contributed by atoms with Gasteiger partial charge in [-0.2, -0.15) is 0 Å². The lowest BCUT2D eigenvalue weighted by Crippen LogP contribution is -2.41. The van der Waals surface area contributed by atoms with E-state index in [-0.39, 0.29) is 0 Å². The first-order valence-corrected chi connectivity index (χ1v) is 7.17. The van der Waals surface area contributed by atoms with Crippen LogP contribution in [0.5, 0.6) is 0 Å². The summed E-state index contributed by atoms with van der Waals surface area (Å²) in [7, 11) is 0. The van der Waals surface area contributed by atoms with Crippen LogP contribution in [0.1, 0.15) is 11.1 Å². The van der Waals surface area contributed by atoms with Crippen LogP contribution in [0.3, 0.4) is 0 Å². The van der Waals surface area contributed by atoms with Crippen LogP contribution in [0.25, 0.3) is 0 Å². The summed E-state index contributed by atoms with van der Waals surface area (Å²) in [4.78, 5) is 2.59. The standard InChI is InChI=1S/C13H18N2S/c1-2-4-12-7-15(6-5-11(12)3-1)8-13-9-16-10-14-13/h1-4,13-14H,5-10H2. The van der Waals surface area contributed by atoms with Crippen molar-refractivity contribution in [2.24, 2.45) is 0 Å². The van der Waals surface area contributed by atoms with Crippen molar-refractivity contribution in [1.82, 2.24) is 10.2 Å². The fourth-order valence-corrected chi connectivity index (χ4v) is 3.55. The second-order valence-corrected chi connectivity index (χ2v) is 5.70. The van der Waals surface area contributed by atoms with E-state index < -0.39 is 0 Å². The van der Waals surface area contributed by atoms with Gasteiger partial charge in [0, 0.05) is 37.3 Å². The Balaban J connectivity index is 1.63. The van der Waals surface area contributed by atoms with Gasteiger partial charge in [0.1, 0.15) is 0 Å². The Morgan fingerprint density at radius 3 is 3.00 bits per heavy atom. The highest BCUT2D eigenvalue weighted by atomic mass is 32.2. The van der Waals surface area contributed by atoms with Crippen LogP contribution in [-0.4, -0.2) is 35.7 Å². The maximum atomic E-state index is 3.55. The topological polar surface area (TPSA) is 15.3 Å². The Morgan fingerprint density at radius 2 is 2.19 bits per heavy atom. The summed E-state index contributed by atoms with van der Waals surface area (Å²) in [5, 5.41) is 3.55. The molecular formula is C13H18N2S. The molecule has 1 unspecified atom stereocenters. The smallest absolute Gasteiger partial charge is 0.0421 e. The average molecular weight is 234 g/mol. The van der Waals surface area contributed by atoms with Crippen LogP contribution < -0.4 is 5.32 Å². The molecule has 3 heteroatoms. The highest BCUT2D eigenvalue weighted by molar-refractivity contribution is 7.99. The number of nitrogens with one attached hydrogen (secondary N) is 1. The zero-order valence-electron chi connectivity index (χ0n) is 9.48. The second-order valence-electron chi connectivity index (χ2n) is 4.67. The van der Waals surface area contributed by atoms with E-state index >= 15 is 0 Å². The van der Waals surface area contributed by atoms with E-state index in [4.69, 9.17) is 0 Å². The van der Waals surface area contributed by atoms with Gasteiger partial charge in [-0.1, -0.05) is 24.3 Å². The van der Waals surface area contributed by atoms with Gasteiger partial charge >= 0.3 is 0 Å². The van der Waals surface area contributed by atoms with Crippen LogP contribution in [-0.2, 0) is 13.0 Å². The van der Waals surface area contributed by atoms with E-state index in [1.807, 2.05) is 11.8 Å². The minimum Gasteiger partial charge on any atom is -0.303 e. The van der Waals surface area contributed by atoms with Crippen molar-refractivity contribution in [1.29, 1.82) is 0 Å². The van der Waals surface area contributed by atoms with Gasteiger partial charge in [-0.3, -0.25) is 4.90 Å². The van der Waals surface area contributed by atoms with Crippen molar-refractivity contribution in [3.05, 3.63) is 35.4 Å². The second kappa shape index (κ2) is 4.78. The van der Waals surface area contributed by atoms with Gasteiger partial charge in [-0.25, -0.2) is 0 Å². The minimum absolute atomic E-state index is 0.704. The van der Waals surface area contributed by atoms with E-state index in [1.165, 1.54) is 30.8 Å². The van der Waals surface area contributed by atoms with Gasteiger partial charge in [0.25, 0.3) is 0 Å². The first-order valence-electron chi connectivity index (χ1n) is 6.02. The van der Waals surface area contributed by atoms with Crippen LogP contribution in [0, 0.1) is 0 Å². The van der Waals surface area contributed by atoms with Crippen molar-refractivity contribution in [3.8, 4) is 0 Å². The first kappa shape index (κ1) is 10.6. The molecule has 0 amide bonds. The molecule has 1 atom stereocenters. The van der Waals surface area contributed by atoms with Crippen LogP contribution >= 0.6 is 11.8 Å². The lowest BCUT2D eigenvalue weighted by Gasteiger charge is -2.30. The van der Waals surface area contributed by atoms with Crippen molar-refractivity contribution in [2.45, 2.75) is 19.0 Å². The van der Waals surface area contributed by atoms with E-state index in [2.05, 4.69) is 34.5 Å². The van der Waals surface area contributed by atoms with Crippen molar-refractivity contribution in [2.75, 3.05) is 24.7 Å². The summed E-state index contributed by atoms with van der Waals surface area (Å²) in [5.74, 6) is 2.41. The van der Waals surface area contributed by atoms with Gasteiger partial charge in [0.2, 0.25) is 0 Å². The number of nitrogens with zero attached hydrogens (tertiary/aromatic N) is 1. The zero-order valence-corrected chi connectivity index (χ0v) is 10.3. The Labute approximate surface area is 101 Å². The van der Waals surface area contributed by atoms with Crippen LogP contribution in [0.2, 0.25) is 0 Å². The fourth-order valence-electron chi connectivity index (χ4n) is 2.58. The highest BCUT2D eigenvalue weighted by Gasteiger charge is 2.21. The highest BCUT2D eigenvalue weighted by Crippen LogP contribution is 2.19. The summed E-state index contributed by atoms with van der Waals surface area (Å²) < 4.78 is 0. The van der Waals surface area contributed by atoms with Gasteiger partial charge in [0.05, 0.1) is 0 Å². The molecule has 0 spiro atoms. The summed E-state index contributed by atoms with van der Waals surface area (Å²) in [5.41, 5.74) is 3.08. The first-order chi connectivity index (χ1) is 7.92. The Hall–Kier alpha value is -0.510. The van der Waals surface area contributed by atoms with Gasteiger partial charge in [0.15, 0.2) is 0 Å². The zero-order chi connectivity index (χ0) is 10.8. The van der Waals surface area contributed by atoms with Gasteiger partial charge in [-0.15, -0.1) is 11.8 Å². The molecular weight excluding hydrogens is 216 g/mol. The van der Waals surface area contributed by atoms with Crippen LogP contribution in [0.4, 0.5) is 0 Å². The average Bonchev–Trinajstić information content (AvgIpc) is 2.82. The lowest BCUT2D eigenvalue weighted by atomic mass is 10.00. The third-order valence-electron chi connectivity index (χ3n) is 3.48. The van der Waals surface area contributed by atoms with E-state index in [1.54, 1.807) is 5.56 Å². The quantitative estimate of drug-likeness (QED) is 0.838. The molecule has 1 aromatic rings. The Morgan fingerprint density at radius 1 is 1.31 bits per heavy atom. The normalized spacial score (nSPS) is 25.6. The molecule has 2 nitrogen and oxygen atoms in total. The third kappa shape index (κ3) is 2.26. The summed E-state index contributed by atoms with van der Waals surface area (Å²) in [6.07, 6.45) is 1.22. The molecule has 86 valence electrons. The van der Waals surface area contributed by atoms with Gasteiger partial charge in [-0.05, 0) is 17.5 Å². The van der Waals surface area contributed by atoms with E-state index in [9.17, 15) is 0 Å². The maximum Gasteiger partial charge on any atom is 0.0421 e. The molecule has 0 aliphatic carbocycles. The van der Waals surface area contributed by atoms with E-state index in [0.29, 0.717) is 6.04 Å². The third-order valence-corrected chi connectivity index (χ3v) is 4.49. The Bertz CT molecular complexity index is 361. The molecule has 16 heavy (non-hydrogen) atoms. The predicted octanol–water partition coefficient (Wildman–Crippen LogP) is 1.71. The molecule has 1 N–H and O–H groups in total. The monoisotopic (exact) mass is 234 g/mol. The number of benzene rings is 1. The van der Waals surface area contributed by atoms with Crippen LogP contribution in [0.15, 0.2) is 24.3 Å². The predicted molar refractivity (Wildman–Crippen MR) is 69.7 cm³/mol. The molecule has 1 fully saturated rings. The number of rotatable bonds is 2. The van der Waals surface area contributed by atoms with Gasteiger partial charge < -0.3 is 5.32 Å². The molecule has 2 heterocycles. The summed E-state index contributed by atoms with van der Waals surface area (Å²) in [6, 6.07) is 9.57. The molecule has 2 aliphatic rings. The largest absolute Gasteiger partial charge is 0.303 e. The molecule has 0 aromatic heterocycles. The van der Waals surface area contributed by atoms with E-state index in [0.717, 1.165) is 12.4 Å². The number of fused-ring (bicyclic) bond motifs is 1. The lowest BCUT2D eigenvalue weighted by molar-refractivity contribution is 0.236. The number of hydrogen-bond donors (Lipinski definition) is 1. The molecule has 0 bridgehead atoms. The summed E-state index contributed by atoms with van der Waals surface area (Å²) in [6.45, 7) is 3.57. The summed E-state index contributed by atoms with van der Waals surface area (Å²) >= 11 is 2.02. The molecule has 1 aromatic carbocycles. The number of hydrogen-bond acceptors (Lipinski definition) is 3. The van der Waals surface area contributed by atoms with Crippen molar-refractivity contribution in [3.63, 3.8) is 0 Å².